The molecule has 1 aromatic carbocycles. The smallest absolute Gasteiger partial charge is 0.400 e. The topological polar surface area (TPSA) is 94.6 Å². The van der Waals surface area contributed by atoms with E-state index in [9.17, 15) is 18.0 Å². The molecule has 0 spiro atoms. The maximum atomic E-state index is 13.0. The molecular weight excluding hydrogens is 519 g/mol. The fraction of sp³-hybridized carbons (Fsp3) is 0.615. The van der Waals surface area contributed by atoms with Gasteiger partial charge in [-0.05, 0) is 50.2 Å². The van der Waals surface area contributed by atoms with E-state index in [0.29, 0.717) is 30.1 Å². The number of fused-ring (bicyclic) bond motifs is 1. The van der Waals surface area contributed by atoms with Crippen LogP contribution in [0, 0.1) is 5.92 Å². The summed E-state index contributed by atoms with van der Waals surface area (Å²) < 4.78 is 49.0. The number of thioether (sulfide) groups is 1. The molecule has 12 heteroatoms. The molecular formula is C26H36F3N5O3S. The minimum absolute atomic E-state index is 0.0490. The highest BCUT2D eigenvalue weighted by Crippen LogP contribution is 2.31. The molecule has 2 aliphatic rings. The van der Waals surface area contributed by atoms with E-state index in [-0.39, 0.29) is 24.0 Å². The highest BCUT2D eigenvalue weighted by molar-refractivity contribution is 8.02. The molecule has 1 saturated carbocycles. The molecule has 1 fully saturated rings. The molecule has 38 heavy (non-hydrogen) atoms. The summed E-state index contributed by atoms with van der Waals surface area (Å²) >= 11 is 1.24. The molecule has 0 bridgehead atoms. The van der Waals surface area contributed by atoms with Crippen LogP contribution in [0.5, 0.6) is 0 Å². The van der Waals surface area contributed by atoms with E-state index in [1.165, 1.54) is 11.8 Å². The Morgan fingerprint density at radius 1 is 1.29 bits per heavy atom. The number of aromatic nitrogens is 2. The Morgan fingerprint density at radius 3 is 2.74 bits per heavy atom. The third-order valence-electron chi connectivity index (χ3n) is 7.27. The highest BCUT2D eigenvalue weighted by Gasteiger charge is 2.31. The summed E-state index contributed by atoms with van der Waals surface area (Å²) in [6.45, 7) is 0.825. The van der Waals surface area contributed by atoms with E-state index in [4.69, 9.17) is 15.2 Å². The normalized spacial score (nSPS) is 22.1. The molecule has 0 saturated heterocycles. The fourth-order valence-electron chi connectivity index (χ4n) is 5.35. The van der Waals surface area contributed by atoms with Crippen LogP contribution in [0.25, 0.3) is 10.9 Å². The van der Waals surface area contributed by atoms with Crippen molar-refractivity contribution in [2.75, 3.05) is 39.3 Å². The monoisotopic (exact) mass is 555 g/mol. The van der Waals surface area contributed by atoms with Crippen molar-refractivity contribution >= 4 is 28.6 Å². The van der Waals surface area contributed by atoms with Gasteiger partial charge in [-0.15, -0.1) is 11.8 Å². The zero-order valence-electron chi connectivity index (χ0n) is 21.8. The molecule has 210 valence electrons. The van der Waals surface area contributed by atoms with Crippen LogP contribution < -0.4 is 11.1 Å². The Hall–Kier alpha value is -2.28. The zero-order chi connectivity index (χ0) is 27.3. The van der Waals surface area contributed by atoms with Crippen molar-refractivity contribution in [3.8, 4) is 0 Å². The first-order valence-electron chi connectivity index (χ1n) is 12.9. The molecule has 3 N–H and O–H groups in total. The molecule has 1 unspecified atom stereocenters. The number of amides is 1. The number of hydrogen-bond donors (Lipinski definition) is 2. The van der Waals surface area contributed by atoms with E-state index >= 15 is 0 Å². The minimum atomic E-state index is -4.32. The summed E-state index contributed by atoms with van der Waals surface area (Å²) in [5.41, 5.74) is 8.37. The maximum Gasteiger partial charge on any atom is 0.411 e. The quantitative estimate of drug-likeness (QED) is 0.338. The number of nitrogens with zero attached hydrogens (tertiary/aromatic N) is 3. The third kappa shape index (κ3) is 7.64. The number of benzene rings is 1. The van der Waals surface area contributed by atoms with Gasteiger partial charge in [0.15, 0.2) is 0 Å². The number of aryl methyl sites for hydroxylation is 1. The van der Waals surface area contributed by atoms with E-state index in [0.717, 1.165) is 54.6 Å². The standard InChI is InChI=1S/C26H36F3N5O3S/c1-33-12-20-19(4-3-5-22(20)32-33)25(35)31-18-8-6-17(7-9-18)23(36-2)14-34-11-10-24(21(30)13-34)38-16-37-15-26(27,28)29/h3-5,12,17-18,23H,6-11,13-16,30H2,1-2H3,(H,31,35). The van der Waals surface area contributed by atoms with Crippen LogP contribution in [0.4, 0.5) is 13.2 Å². The second kappa shape index (κ2) is 12.7. The largest absolute Gasteiger partial charge is 0.411 e. The van der Waals surface area contributed by atoms with Crippen LogP contribution in [-0.4, -0.2) is 78.2 Å². The molecule has 8 nitrogen and oxygen atoms in total. The number of alkyl halides is 3. The van der Waals surface area contributed by atoms with Crippen LogP contribution in [0.3, 0.4) is 0 Å². The van der Waals surface area contributed by atoms with Crippen LogP contribution in [-0.2, 0) is 16.5 Å². The summed E-state index contributed by atoms with van der Waals surface area (Å²) in [4.78, 5) is 16.1. The number of carbonyl (C=O) groups excluding carboxylic acids is 1. The Bertz CT molecular complexity index is 1130. The van der Waals surface area contributed by atoms with Gasteiger partial charge in [0, 0.05) is 62.0 Å². The van der Waals surface area contributed by atoms with Crippen LogP contribution in [0.1, 0.15) is 42.5 Å². The first-order valence-corrected chi connectivity index (χ1v) is 13.8. The lowest BCUT2D eigenvalue weighted by Crippen LogP contribution is -2.45. The van der Waals surface area contributed by atoms with Gasteiger partial charge in [0.2, 0.25) is 0 Å². The fourth-order valence-corrected chi connectivity index (χ4v) is 6.14. The lowest BCUT2D eigenvalue weighted by atomic mass is 9.82. The molecule has 0 radical (unpaired) electrons. The molecule has 1 aromatic heterocycles. The van der Waals surface area contributed by atoms with Crippen LogP contribution in [0.15, 0.2) is 35.0 Å². The number of ether oxygens (including phenoxy) is 2. The van der Waals surface area contributed by atoms with Gasteiger partial charge in [-0.2, -0.15) is 18.3 Å². The number of hydrogen-bond acceptors (Lipinski definition) is 7. The number of rotatable bonds is 10. The van der Waals surface area contributed by atoms with Crippen molar-refractivity contribution in [1.29, 1.82) is 0 Å². The van der Waals surface area contributed by atoms with Gasteiger partial charge in [-0.1, -0.05) is 6.07 Å². The number of nitrogens with one attached hydrogen (secondary N) is 1. The lowest BCUT2D eigenvalue weighted by Gasteiger charge is -2.37. The average molecular weight is 556 g/mol. The molecule has 4 rings (SSSR count). The molecule has 1 atom stereocenters. The summed E-state index contributed by atoms with van der Waals surface area (Å²) in [7, 11) is 3.58. The Labute approximate surface area is 225 Å². The molecule has 2 aromatic rings. The molecule has 1 aliphatic heterocycles. The maximum absolute atomic E-state index is 13.0. The van der Waals surface area contributed by atoms with Crippen molar-refractivity contribution in [1.82, 2.24) is 20.0 Å². The highest BCUT2D eigenvalue weighted by atomic mass is 32.2. The Morgan fingerprint density at radius 2 is 2.05 bits per heavy atom. The summed E-state index contributed by atoms with van der Waals surface area (Å²) in [6.07, 6.45) is 1.97. The second-order valence-corrected chi connectivity index (χ2v) is 11.1. The number of methoxy groups -OCH3 is 1. The molecule has 1 aliphatic carbocycles. The van der Waals surface area contributed by atoms with Gasteiger partial charge in [-0.3, -0.25) is 14.4 Å². The predicted octanol–water partition coefficient (Wildman–Crippen LogP) is 4.02. The third-order valence-corrected chi connectivity index (χ3v) is 8.37. The van der Waals surface area contributed by atoms with Crippen molar-refractivity contribution < 1.29 is 27.4 Å². The molecule has 2 heterocycles. The Balaban J connectivity index is 1.23. The van der Waals surface area contributed by atoms with Gasteiger partial charge in [-0.25, -0.2) is 0 Å². The van der Waals surface area contributed by atoms with Gasteiger partial charge in [0.05, 0.1) is 23.1 Å². The van der Waals surface area contributed by atoms with Gasteiger partial charge < -0.3 is 20.5 Å². The van der Waals surface area contributed by atoms with E-state index < -0.39 is 12.8 Å². The average Bonchev–Trinajstić information content (AvgIpc) is 3.26. The first kappa shape index (κ1) is 28.7. The van der Waals surface area contributed by atoms with Crippen molar-refractivity contribution in [2.24, 2.45) is 18.7 Å². The van der Waals surface area contributed by atoms with Crippen molar-refractivity contribution in [3.63, 3.8) is 0 Å². The number of carbonyl (C=O) groups is 1. The van der Waals surface area contributed by atoms with E-state index in [1.54, 1.807) is 11.8 Å². The van der Waals surface area contributed by atoms with E-state index in [1.807, 2.05) is 31.4 Å². The van der Waals surface area contributed by atoms with Crippen molar-refractivity contribution in [2.45, 2.75) is 50.4 Å². The summed E-state index contributed by atoms with van der Waals surface area (Å²) in [5.74, 6) is 0.253. The SMILES string of the molecule is COC(CN1CCC(SCOCC(F)(F)F)=C(N)C1)C1CCC(NC(=O)c2cccc3nn(C)cc23)CC1. The van der Waals surface area contributed by atoms with Crippen molar-refractivity contribution in [3.05, 3.63) is 40.6 Å². The number of halogens is 3. The van der Waals surface area contributed by atoms with E-state index in [2.05, 4.69) is 15.3 Å². The predicted molar refractivity (Wildman–Crippen MR) is 141 cm³/mol. The van der Waals surface area contributed by atoms with Gasteiger partial charge >= 0.3 is 6.18 Å². The van der Waals surface area contributed by atoms with Crippen LogP contribution >= 0.6 is 11.8 Å². The first-order chi connectivity index (χ1) is 18.1. The minimum Gasteiger partial charge on any atom is -0.400 e. The molecule has 1 amide bonds. The second-order valence-electron chi connectivity index (χ2n) is 10.1. The zero-order valence-corrected chi connectivity index (χ0v) is 22.6. The van der Waals surface area contributed by atoms with Crippen LogP contribution in [0.2, 0.25) is 0 Å². The number of nitrogens with two attached hydrogens (primary N) is 1. The Kier molecular flexibility index (Phi) is 9.61. The van der Waals surface area contributed by atoms with Gasteiger partial charge in [0.25, 0.3) is 5.91 Å². The summed E-state index contributed by atoms with van der Waals surface area (Å²) in [6, 6.07) is 5.72. The van der Waals surface area contributed by atoms with Gasteiger partial charge in [0.1, 0.15) is 6.61 Å². The summed E-state index contributed by atoms with van der Waals surface area (Å²) in [5, 5.41) is 8.45. The lowest BCUT2D eigenvalue weighted by molar-refractivity contribution is -0.168.